The van der Waals surface area contributed by atoms with E-state index < -0.39 is 0 Å². The van der Waals surface area contributed by atoms with Crippen molar-refractivity contribution in [3.8, 4) is 0 Å². The maximum Gasteiger partial charge on any atom is 0.217 e. The van der Waals surface area contributed by atoms with Crippen molar-refractivity contribution in [3.05, 3.63) is 34.9 Å². The van der Waals surface area contributed by atoms with Crippen LogP contribution in [0.1, 0.15) is 38.3 Å². The van der Waals surface area contributed by atoms with E-state index in [0.29, 0.717) is 0 Å². The highest BCUT2D eigenvalue weighted by molar-refractivity contribution is 6.30. The Bertz CT molecular complexity index is 477. The third kappa shape index (κ3) is 4.19. The van der Waals surface area contributed by atoms with E-state index in [0.717, 1.165) is 31.0 Å². The van der Waals surface area contributed by atoms with Crippen LogP contribution in [0.2, 0.25) is 5.02 Å². The number of carbonyl (C=O) groups is 1. The van der Waals surface area contributed by atoms with Crippen LogP contribution in [0.5, 0.6) is 0 Å². The van der Waals surface area contributed by atoms with E-state index >= 15 is 0 Å². The summed E-state index contributed by atoms with van der Waals surface area (Å²) in [6.45, 7) is 5.47. The topological polar surface area (TPSA) is 58.4 Å². The Hall–Kier alpha value is -1.10. The van der Waals surface area contributed by atoms with Crippen LogP contribution in [0, 0.1) is 0 Å². The Morgan fingerprint density at radius 1 is 1.48 bits per heavy atom. The molecule has 1 saturated heterocycles. The van der Waals surface area contributed by atoms with Crippen LogP contribution in [-0.4, -0.2) is 36.0 Å². The molecule has 21 heavy (non-hydrogen) atoms. The second-order valence-corrected chi connectivity index (χ2v) is 6.19. The maximum absolute atomic E-state index is 11.2. The highest BCUT2D eigenvalue weighted by Crippen LogP contribution is 2.29. The fraction of sp³-hybridized carbons (Fsp3) is 0.562. The zero-order valence-corrected chi connectivity index (χ0v) is 13.4. The van der Waals surface area contributed by atoms with E-state index in [9.17, 15) is 4.79 Å². The van der Waals surface area contributed by atoms with E-state index in [1.807, 2.05) is 24.3 Å². The quantitative estimate of drug-likeness (QED) is 0.877. The minimum Gasteiger partial charge on any atom is -0.352 e. The van der Waals surface area contributed by atoms with Crippen LogP contribution in [0.4, 0.5) is 0 Å². The first-order valence-electron chi connectivity index (χ1n) is 7.53. The van der Waals surface area contributed by atoms with Crippen LogP contribution in [0.15, 0.2) is 24.3 Å². The molecule has 4 nitrogen and oxygen atoms in total. The van der Waals surface area contributed by atoms with E-state index in [1.165, 1.54) is 5.56 Å². The maximum atomic E-state index is 11.2. The number of rotatable bonds is 5. The van der Waals surface area contributed by atoms with Gasteiger partial charge in [0.2, 0.25) is 5.91 Å². The largest absolute Gasteiger partial charge is 0.352 e. The van der Waals surface area contributed by atoms with Gasteiger partial charge < -0.3 is 11.1 Å². The Labute approximate surface area is 131 Å². The highest BCUT2D eigenvalue weighted by Gasteiger charge is 2.32. The molecule has 1 aromatic carbocycles. The highest BCUT2D eigenvalue weighted by atomic mass is 35.5. The summed E-state index contributed by atoms with van der Waals surface area (Å²) in [6.07, 6.45) is 1.88. The minimum absolute atomic E-state index is 0.0321. The molecule has 2 rings (SSSR count). The van der Waals surface area contributed by atoms with Crippen molar-refractivity contribution in [2.24, 2.45) is 5.73 Å². The standard InChI is InChI=1S/C16H24ClN3O/c1-3-15(18)16(12-4-6-13(17)7-5-12)20-9-8-14(10-20)19-11(2)21/h4-7,14-16H,3,8-10,18H2,1-2H3,(H,19,21). The first kappa shape index (κ1) is 16.3. The zero-order chi connectivity index (χ0) is 15.4. The number of likely N-dealkylation sites (tertiary alicyclic amines) is 1. The molecule has 0 aliphatic carbocycles. The summed E-state index contributed by atoms with van der Waals surface area (Å²) >= 11 is 5.98. The Morgan fingerprint density at radius 2 is 2.14 bits per heavy atom. The molecule has 1 fully saturated rings. The second-order valence-electron chi connectivity index (χ2n) is 5.75. The van der Waals surface area contributed by atoms with Gasteiger partial charge in [-0.3, -0.25) is 9.69 Å². The average molecular weight is 310 g/mol. The predicted octanol–water partition coefficient (Wildman–Crippen LogP) is 2.33. The normalized spacial score (nSPS) is 22.0. The Balaban J connectivity index is 2.14. The van der Waals surface area contributed by atoms with Gasteiger partial charge in [-0.2, -0.15) is 0 Å². The third-order valence-electron chi connectivity index (χ3n) is 4.11. The van der Waals surface area contributed by atoms with Crippen molar-refractivity contribution in [1.82, 2.24) is 10.2 Å². The number of halogens is 1. The number of benzene rings is 1. The van der Waals surface area contributed by atoms with Crippen LogP contribution in [-0.2, 0) is 4.79 Å². The smallest absolute Gasteiger partial charge is 0.217 e. The lowest BCUT2D eigenvalue weighted by atomic mass is 9.96. The lowest BCUT2D eigenvalue weighted by Crippen LogP contribution is -2.42. The molecule has 0 radical (unpaired) electrons. The van der Waals surface area contributed by atoms with Gasteiger partial charge in [0.25, 0.3) is 0 Å². The lowest BCUT2D eigenvalue weighted by Gasteiger charge is -2.32. The number of hydrogen-bond donors (Lipinski definition) is 2. The number of amides is 1. The van der Waals surface area contributed by atoms with Crippen LogP contribution in [0.25, 0.3) is 0 Å². The van der Waals surface area contributed by atoms with Gasteiger partial charge in [0.05, 0.1) is 0 Å². The number of carbonyl (C=O) groups excluding carboxylic acids is 1. The molecule has 3 atom stereocenters. The molecule has 1 aliphatic heterocycles. The third-order valence-corrected chi connectivity index (χ3v) is 4.36. The summed E-state index contributed by atoms with van der Waals surface area (Å²) in [6, 6.07) is 8.39. The predicted molar refractivity (Wildman–Crippen MR) is 86.3 cm³/mol. The van der Waals surface area contributed by atoms with Gasteiger partial charge in [0, 0.05) is 43.2 Å². The van der Waals surface area contributed by atoms with E-state index in [4.69, 9.17) is 17.3 Å². The molecule has 1 heterocycles. The number of nitrogens with zero attached hydrogens (tertiary/aromatic N) is 1. The van der Waals surface area contributed by atoms with Gasteiger partial charge in [-0.1, -0.05) is 30.7 Å². The lowest BCUT2D eigenvalue weighted by molar-refractivity contribution is -0.119. The van der Waals surface area contributed by atoms with Crippen molar-refractivity contribution in [1.29, 1.82) is 0 Å². The van der Waals surface area contributed by atoms with Crippen LogP contribution >= 0.6 is 11.6 Å². The van der Waals surface area contributed by atoms with Crippen molar-refractivity contribution in [2.45, 2.75) is 44.8 Å². The van der Waals surface area contributed by atoms with Gasteiger partial charge in [-0.05, 0) is 30.5 Å². The monoisotopic (exact) mass is 309 g/mol. The molecule has 0 spiro atoms. The van der Waals surface area contributed by atoms with Crippen LogP contribution < -0.4 is 11.1 Å². The SMILES string of the molecule is CCC(N)C(c1ccc(Cl)cc1)N1CCC(NC(C)=O)C1. The van der Waals surface area contributed by atoms with Crippen molar-refractivity contribution in [2.75, 3.05) is 13.1 Å². The average Bonchev–Trinajstić information content (AvgIpc) is 2.88. The number of hydrogen-bond acceptors (Lipinski definition) is 3. The first-order chi connectivity index (χ1) is 10.0. The van der Waals surface area contributed by atoms with E-state index in [1.54, 1.807) is 6.92 Å². The van der Waals surface area contributed by atoms with Crippen molar-refractivity contribution < 1.29 is 4.79 Å². The summed E-state index contributed by atoms with van der Waals surface area (Å²) in [5.74, 6) is 0.0321. The molecule has 5 heteroatoms. The number of nitrogens with one attached hydrogen (secondary N) is 1. The fourth-order valence-corrected chi connectivity index (χ4v) is 3.18. The van der Waals surface area contributed by atoms with Crippen molar-refractivity contribution >= 4 is 17.5 Å². The van der Waals surface area contributed by atoms with Gasteiger partial charge in [0.1, 0.15) is 0 Å². The minimum atomic E-state index is 0.0321. The van der Waals surface area contributed by atoms with E-state index in [-0.39, 0.29) is 24.0 Å². The fourth-order valence-electron chi connectivity index (χ4n) is 3.06. The van der Waals surface area contributed by atoms with Gasteiger partial charge in [-0.25, -0.2) is 0 Å². The number of nitrogens with two attached hydrogens (primary N) is 1. The molecule has 0 aromatic heterocycles. The van der Waals surface area contributed by atoms with E-state index in [2.05, 4.69) is 17.1 Å². The first-order valence-corrected chi connectivity index (χ1v) is 7.91. The molecule has 1 amide bonds. The summed E-state index contributed by atoms with van der Waals surface area (Å²) in [4.78, 5) is 13.6. The summed E-state index contributed by atoms with van der Waals surface area (Å²) < 4.78 is 0. The van der Waals surface area contributed by atoms with Gasteiger partial charge in [-0.15, -0.1) is 0 Å². The molecular weight excluding hydrogens is 286 g/mol. The molecular formula is C16H24ClN3O. The molecule has 1 aromatic rings. The van der Waals surface area contributed by atoms with Crippen molar-refractivity contribution in [3.63, 3.8) is 0 Å². The summed E-state index contributed by atoms with van der Waals surface area (Å²) in [5.41, 5.74) is 7.54. The molecule has 0 bridgehead atoms. The summed E-state index contributed by atoms with van der Waals surface area (Å²) in [5, 5.41) is 3.74. The van der Waals surface area contributed by atoms with Crippen LogP contribution in [0.3, 0.4) is 0 Å². The van der Waals surface area contributed by atoms with Gasteiger partial charge >= 0.3 is 0 Å². The summed E-state index contributed by atoms with van der Waals surface area (Å²) in [7, 11) is 0. The molecule has 1 aliphatic rings. The van der Waals surface area contributed by atoms with Gasteiger partial charge in [0.15, 0.2) is 0 Å². The Kier molecular flexibility index (Phi) is 5.62. The molecule has 116 valence electrons. The molecule has 0 saturated carbocycles. The second kappa shape index (κ2) is 7.25. The molecule has 3 unspecified atom stereocenters. The Morgan fingerprint density at radius 3 is 2.71 bits per heavy atom. The molecule has 3 N–H and O–H groups in total. The zero-order valence-electron chi connectivity index (χ0n) is 12.7.